The Morgan fingerprint density at radius 3 is 1.84 bits per heavy atom. The van der Waals surface area contributed by atoms with Gasteiger partial charge < -0.3 is 23.7 Å². The number of hydrogen-bond acceptors (Lipinski definition) is 5. The van der Waals surface area contributed by atoms with E-state index in [1.807, 2.05) is 0 Å². The molecule has 0 bridgehead atoms. The monoisotopic (exact) mass is 344 g/mol. The molecule has 2 heterocycles. The standard InChI is InChI=1S/C18H20N2O5/c1-23-15-9-14(10-16(11-15)24-2)18(22)20-6-4-19(5-7-20)17(21)13-3-8-25-12-13/h3,8-12H,4-7H2,1-2H3. The summed E-state index contributed by atoms with van der Waals surface area (Å²) in [6.45, 7) is 1.91. The molecule has 3 rings (SSSR count). The predicted molar refractivity (Wildman–Crippen MR) is 90.1 cm³/mol. The average Bonchev–Trinajstić information content (AvgIpc) is 3.21. The smallest absolute Gasteiger partial charge is 0.257 e. The fourth-order valence-electron chi connectivity index (χ4n) is 2.79. The Bertz CT molecular complexity index is 727. The number of methoxy groups -OCH3 is 2. The van der Waals surface area contributed by atoms with Crippen molar-refractivity contribution in [2.45, 2.75) is 0 Å². The van der Waals surface area contributed by atoms with Gasteiger partial charge in [0.1, 0.15) is 17.8 Å². The Labute approximate surface area is 145 Å². The maximum atomic E-state index is 12.7. The van der Waals surface area contributed by atoms with Gasteiger partial charge in [0.15, 0.2) is 0 Å². The van der Waals surface area contributed by atoms with Gasteiger partial charge in [0.05, 0.1) is 26.0 Å². The second-order valence-electron chi connectivity index (χ2n) is 5.70. The summed E-state index contributed by atoms with van der Waals surface area (Å²) < 4.78 is 15.4. The minimum Gasteiger partial charge on any atom is -0.497 e. The van der Waals surface area contributed by atoms with Crippen LogP contribution in [0.15, 0.2) is 41.2 Å². The molecule has 1 aliphatic heterocycles. The van der Waals surface area contributed by atoms with Crippen molar-refractivity contribution in [2.24, 2.45) is 0 Å². The first-order valence-corrected chi connectivity index (χ1v) is 7.96. The van der Waals surface area contributed by atoms with Gasteiger partial charge >= 0.3 is 0 Å². The number of amides is 2. The van der Waals surface area contributed by atoms with Crippen molar-refractivity contribution in [3.8, 4) is 11.5 Å². The first kappa shape index (κ1) is 16.9. The Morgan fingerprint density at radius 1 is 0.880 bits per heavy atom. The van der Waals surface area contributed by atoms with Gasteiger partial charge in [0.2, 0.25) is 0 Å². The normalized spacial score (nSPS) is 14.3. The van der Waals surface area contributed by atoms with Gasteiger partial charge in [-0.2, -0.15) is 0 Å². The van der Waals surface area contributed by atoms with E-state index in [-0.39, 0.29) is 11.8 Å². The Hall–Kier alpha value is -2.96. The molecule has 25 heavy (non-hydrogen) atoms. The fourth-order valence-corrected chi connectivity index (χ4v) is 2.79. The number of carbonyl (C=O) groups is 2. The summed E-state index contributed by atoms with van der Waals surface area (Å²) in [5.74, 6) is 0.949. The summed E-state index contributed by atoms with van der Waals surface area (Å²) in [6, 6.07) is 6.74. The van der Waals surface area contributed by atoms with Crippen LogP contribution >= 0.6 is 0 Å². The van der Waals surface area contributed by atoms with E-state index in [2.05, 4.69) is 0 Å². The molecule has 1 saturated heterocycles. The third-order valence-electron chi connectivity index (χ3n) is 4.22. The van der Waals surface area contributed by atoms with Crippen LogP contribution in [0.3, 0.4) is 0 Å². The molecular weight excluding hydrogens is 324 g/mol. The molecule has 1 aromatic heterocycles. The van der Waals surface area contributed by atoms with Crippen molar-refractivity contribution in [3.05, 3.63) is 47.9 Å². The molecule has 7 nitrogen and oxygen atoms in total. The summed E-state index contributed by atoms with van der Waals surface area (Å²) in [6.07, 6.45) is 2.91. The molecule has 0 N–H and O–H groups in total. The van der Waals surface area contributed by atoms with Crippen molar-refractivity contribution in [1.29, 1.82) is 0 Å². The van der Waals surface area contributed by atoms with Crippen molar-refractivity contribution in [2.75, 3.05) is 40.4 Å². The van der Waals surface area contributed by atoms with Gasteiger partial charge in [0, 0.05) is 37.8 Å². The molecule has 0 aliphatic carbocycles. The molecule has 1 aliphatic rings. The van der Waals surface area contributed by atoms with Crippen molar-refractivity contribution >= 4 is 11.8 Å². The number of benzene rings is 1. The summed E-state index contributed by atoms with van der Waals surface area (Å²) >= 11 is 0. The molecular formula is C18H20N2O5. The molecule has 2 aromatic rings. The van der Waals surface area contributed by atoms with Crippen LogP contribution in [0.1, 0.15) is 20.7 Å². The van der Waals surface area contributed by atoms with Crippen LogP contribution in [0.4, 0.5) is 0 Å². The quantitative estimate of drug-likeness (QED) is 0.847. The van der Waals surface area contributed by atoms with E-state index in [4.69, 9.17) is 13.9 Å². The van der Waals surface area contributed by atoms with E-state index in [0.29, 0.717) is 48.8 Å². The first-order valence-electron chi connectivity index (χ1n) is 7.96. The molecule has 7 heteroatoms. The zero-order valence-electron chi connectivity index (χ0n) is 14.2. The largest absolute Gasteiger partial charge is 0.497 e. The lowest BCUT2D eigenvalue weighted by atomic mass is 10.1. The summed E-state index contributed by atoms with van der Waals surface area (Å²) in [4.78, 5) is 28.5. The van der Waals surface area contributed by atoms with Crippen molar-refractivity contribution in [1.82, 2.24) is 9.80 Å². The average molecular weight is 344 g/mol. The molecule has 2 amide bonds. The van der Waals surface area contributed by atoms with Crippen LogP contribution < -0.4 is 9.47 Å². The van der Waals surface area contributed by atoms with E-state index in [1.54, 1.807) is 48.3 Å². The van der Waals surface area contributed by atoms with Gasteiger partial charge in [0.25, 0.3) is 11.8 Å². The number of carbonyl (C=O) groups excluding carboxylic acids is 2. The Balaban J connectivity index is 1.66. The summed E-state index contributed by atoms with van der Waals surface area (Å²) in [5, 5.41) is 0. The van der Waals surface area contributed by atoms with Crippen LogP contribution in [-0.4, -0.2) is 62.0 Å². The van der Waals surface area contributed by atoms with Crippen LogP contribution in [0.25, 0.3) is 0 Å². The van der Waals surface area contributed by atoms with Gasteiger partial charge in [-0.15, -0.1) is 0 Å². The number of rotatable bonds is 4. The molecule has 0 unspecified atom stereocenters. The van der Waals surface area contributed by atoms with E-state index in [9.17, 15) is 9.59 Å². The van der Waals surface area contributed by atoms with Crippen LogP contribution in [0, 0.1) is 0 Å². The van der Waals surface area contributed by atoms with Gasteiger partial charge in [-0.1, -0.05) is 0 Å². The Morgan fingerprint density at radius 2 is 1.40 bits per heavy atom. The van der Waals surface area contributed by atoms with Crippen LogP contribution in [0.5, 0.6) is 11.5 Å². The molecule has 132 valence electrons. The molecule has 1 aromatic carbocycles. The number of furan rings is 1. The molecule has 0 saturated carbocycles. The third kappa shape index (κ3) is 3.60. The number of ether oxygens (including phenoxy) is 2. The lowest BCUT2D eigenvalue weighted by Gasteiger charge is -2.34. The zero-order chi connectivity index (χ0) is 17.8. The Kier molecular flexibility index (Phi) is 4.92. The first-order chi connectivity index (χ1) is 12.1. The van der Waals surface area contributed by atoms with E-state index in [0.717, 1.165) is 0 Å². The highest BCUT2D eigenvalue weighted by Gasteiger charge is 2.26. The van der Waals surface area contributed by atoms with Gasteiger partial charge in [-0.25, -0.2) is 0 Å². The second kappa shape index (κ2) is 7.29. The highest BCUT2D eigenvalue weighted by molar-refractivity contribution is 5.96. The number of hydrogen-bond donors (Lipinski definition) is 0. The van der Waals surface area contributed by atoms with E-state index in [1.165, 1.54) is 12.5 Å². The van der Waals surface area contributed by atoms with Gasteiger partial charge in [-0.05, 0) is 18.2 Å². The lowest BCUT2D eigenvalue weighted by molar-refractivity contribution is 0.0534. The lowest BCUT2D eigenvalue weighted by Crippen LogP contribution is -2.50. The fraction of sp³-hybridized carbons (Fsp3) is 0.333. The maximum absolute atomic E-state index is 12.7. The molecule has 0 atom stereocenters. The minimum atomic E-state index is -0.104. The molecule has 0 spiro atoms. The summed E-state index contributed by atoms with van der Waals surface area (Å²) in [7, 11) is 3.09. The molecule has 1 fully saturated rings. The highest BCUT2D eigenvalue weighted by atomic mass is 16.5. The van der Waals surface area contributed by atoms with Crippen LogP contribution in [-0.2, 0) is 0 Å². The third-order valence-corrected chi connectivity index (χ3v) is 4.22. The second-order valence-corrected chi connectivity index (χ2v) is 5.70. The predicted octanol–water partition coefficient (Wildman–Crippen LogP) is 1.89. The van der Waals surface area contributed by atoms with Crippen molar-refractivity contribution in [3.63, 3.8) is 0 Å². The number of nitrogens with zero attached hydrogens (tertiary/aromatic N) is 2. The zero-order valence-corrected chi connectivity index (χ0v) is 14.2. The topological polar surface area (TPSA) is 72.2 Å². The molecule has 0 radical (unpaired) electrons. The highest BCUT2D eigenvalue weighted by Crippen LogP contribution is 2.24. The van der Waals surface area contributed by atoms with Crippen molar-refractivity contribution < 1.29 is 23.5 Å². The van der Waals surface area contributed by atoms with Gasteiger partial charge in [-0.3, -0.25) is 9.59 Å². The summed E-state index contributed by atoms with van der Waals surface area (Å²) in [5.41, 5.74) is 1.03. The van der Waals surface area contributed by atoms with E-state index >= 15 is 0 Å². The number of piperazine rings is 1. The van der Waals surface area contributed by atoms with E-state index < -0.39 is 0 Å². The maximum Gasteiger partial charge on any atom is 0.257 e. The van der Waals surface area contributed by atoms with Crippen LogP contribution in [0.2, 0.25) is 0 Å². The minimum absolute atomic E-state index is 0.0797. The SMILES string of the molecule is COc1cc(OC)cc(C(=O)N2CCN(C(=O)c3ccoc3)CC2)c1.